The number of ether oxygens (including phenoxy) is 2. The molecule has 0 spiro atoms. The van der Waals surface area contributed by atoms with Crippen LogP contribution in [-0.2, 0) is 11.2 Å². The van der Waals surface area contributed by atoms with E-state index in [1.807, 2.05) is 15.9 Å². The Labute approximate surface area is 225 Å². The number of halogens is 1. The molecule has 0 aliphatic carbocycles. The molecular weight excluding hydrogens is 501 g/mol. The Balaban J connectivity index is 1.44. The second-order valence-electron chi connectivity index (χ2n) is 9.40. The lowest BCUT2D eigenvalue weighted by molar-refractivity contribution is -0.132. The first-order valence-electron chi connectivity index (χ1n) is 12.6. The number of carbonyl (C=O) groups is 1. The van der Waals surface area contributed by atoms with E-state index in [2.05, 4.69) is 4.98 Å². The minimum absolute atomic E-state index is 0.0000896. The summed E-state index contributed by atoms with van der Waals surface area (Å²) in [6, 6.07) is 16.3. The van der Waals surface area contributed by atoms with Gasteiger partial charge >= 0.3 is 0 Å². The van der Waals surface area contributed by atoms with Gasteiger partial charge in [0, 0.05) is 37.5 Å². The zero-order chi connectivity index (χ0) is 27.5. The minimum Gasteiger partial charge on any atom is -0.508 e. The van der Waals surface area contributed by atoms with Crippen molar-refractivity contribution in [1.29, 1.82) is 0 Å². The van der Waals surface area contributed by atoms with Crippen molar-refractivity contribution in [3.8, 4) is 17.2 Å². The number of amides is 1. The molecule has 3 N–H and O–H groups in total. The second kappa shape index (κ2) is 11.0. The van der Waals surface area contributed by atoms with Crippen molar-refractivity contribution in [2.75, 3.05) is 44.5 Å². The molecule has 3 aromatic carbocycles. The zero-order valence-electron chi connectivity index (χ0n) is 21.8. The van der Waals surface area contributed by atoms with Crippen LogP contribution in [0.1, 0.15) is 23.6 Å². The van der Waals surface area contributed by atoms with Crippen LogP contribution in [0.3, 0.4) is 0 Å². The van der Waals surface area contributed by atoms with Crippen molar-refractivity contribution in [1.82, 2.24) is 14.9 Å². The number of nitrogens with two attached hydrogens (primary N) is 1. The third kappa shape index (κ3) is 5.50. The fourth-order valence-electron chi connectivity index (χ4n) is 4.92. The number of aromatic hydroxyl groups is 1. The zero-order valence-corrected chi connectivity index (χ0v) is 21.8. The number of nitrogen functional groups attached to an aromatic ring is 1. The van der Waals surface area contributed by atoms with Crippen LogP contribution in [-0.4, -0.2) is 59.7 Å². The number of anilines is 2. The summed E-state index contributed by atoms with van der Waals surface area (Å²) in [6.07, 6.45) is 0.825. The fourth-order valence-corrected chi connectivity index (χ4v) is 4.92. The van der Waals surface area contributed by atoms with Crippen LogP contribution in [0.4, 0.5) is 16.2 Å². The smallest absolute Gasteiger partial charge is 0.228 e. The molecule has 0 bridgehead atoms. The number of piperazine rings is 1. The van der Waals surface area contributed by atoms with Crippen LogP contribution in [0.25, 0.3) is 10.9 Å². The van der Waals surface area contributed by atoms with Crippen molar-refractivity contribution in [3.63, 3.8) is 0 Å². The van der Waals surface area contributed by atoms with E-state index in [1.54, 1.807) is 56.7 Å². The quantitative estimate of drug-likeness (QED) is 0.367. The number of hydrogen-bond donors (Lipinski definition) is 2. The Hall–Kier alpha value is -4.60. The van der Waals surface area contributed by atoms with Gasteiger partial charge in [0.2, 0.25) is 11.9 Å². The van der Waals surface area contributed by atoms with Crippen LogP contribution in [0.15, 0.2) is 60.7 Å². The monoisotopic (exact) mass is 531 g/mol. The minimum atomic E-state index is -0.322. The van der Waals surface area contributed by atoms with Crippen molar-refractivity contribution in [3.05, 3.63) is 77.6 Å². The molecule has 0 radical (unpaired) electrons. The lowest BCUT2D eigenvalue weighted by Crippen LogP contribution is -2.51. The summed E-state index contributed by atoms with van der Waals surface area (Å²) >= 11 is 0. The Morgan fingerprint density at radius 2 is 1.79 bits per heavy atom. The lowest BCUT2D eigenvalue weighted by atomic mass is 10.0. The average Bonchev–Trinajstić information content (AvgIpc) is 2.95. The van der Waals surface area contributed by atoms with E-state index in [9.17, 15) is 14.3 Å². The number of methoxy groups -OCH3 is 2. The molecule has 1 unspecified atom stereocenters. The van der Waals surface area contributed by atoms with Gasteiger partial charge in [-0.15, -0.1) is 0 Å². The van der Waals surface area contributed by atoms with Crippen LogP contribution >= 0.6 is 0 Å². The van der Waals surface area contributed by atoms with Gasteiger partial charge in [0.15, 0.2) is 11.5 Å². The number of fused-ring (bicyclic) bond motifs is 1. The first kappa shape index (κ1) is 26.0. The number of phenolic OH excluding ortho intramolecular Hbond substituents is 1. The number of aryl methyl sites for hydroxylation is 1. The molecular formula is C29H30FN5O4. The second-order valence-corrected chi connectivity index (χ2v) is 9.40. The number of carbonyl (C=O) groups excluding carboxylic acids is 1. The van der Waals surface area contributed by atoms with Gasteiger partial charge in [0.25, 0.3) is 0 Å². The van der Waals surface area contributed by atoms with E-state index in [4.69, 9.17) is 20.2 Å². The predicted molar refractivity (Wildman–Crippen MR) is 147 cm³/mol. The number of benzene rings is 3. The average molecular weight is 532 g/mol. The molecule has 9 nitrogen and oxygen atoms in total. The summed E-state index contributed by atoms with van der Waals surface area (Å²) in [7, 11) is 3.11. The van der Waals surface area contributed by atoms with Gasteiger partial charge < -0.3 is 30.1 Å². The largest absolute Gasteiger partial charge is 0.508 e. The normalized spacial score (nSPS) is 15.4. The molecule has 1 aromatic heterocycles. The molecule has 1 fully saturated rings. The molecule has 2 heterocycles. The summed E-state index contributed by atoms with van der Waals surface area (Å²) in [5.41, 5.74) is 8.69. The highest BCUT2D eigenvalue weighted by atomic mass is 19.1. The molecule has 1 amide bonds. The van der Waals surface area contributed by atoms with Crippen LogP contribution < -0.4 is 20.1 Å². The summed E-state index contributed by atoms with van der Waals surface area (Å²) in [6.45, 7) is 1.30. The Morgan fingerprint density at radius 1 is 1.05 bits per heavy atom. The van der Waals surface area contributed by atoms with Gasteiger partial charge in [0.05, 0.1) is 25.8 Å². The molecule has 1 saturated heterocycles. The predicted octanol–water partition coefficient (Wildman–Crippen LogP) is 4.10. The molecule has 0 saturated carbocycles. The number of nitrogens with zero attached hydrogens (tertiary/aromatic N) is 4. The number of phenols is 1. The Kier molecular flexibility index (Phi) is 7.36. The highest BCUT2D eigenvalue weighted by Gasteiger charge is 2.33. The van der Waals surface area contributed by atoms with Crippen LogP contribution in [0, 0.1) is 5.82 Å². The van der Waals surface area contributed by atoms with Crippen LogP contribution in [0.5, 0.6) is 17.2 Å². The summed E-state index contributed by atoms with van der Waals surface area (Å²) < 4.78 is 24.1. The van der Waals surface area contributed by atoms with E-state index in [1.165, 1.54) is 12.1 Å². The maximum Gasteiger partial charge on any atom is 0.228 e. The van der Waals surface area contributed by atoms with Gasteiger partial charge in [-0.3, -0.25) is 4.79 Å². The van der Waals surface area contributed by atoms with Gasteiger partial charge in [-0.05, 0) is 47.9 Å². The standard InChI is InChI=1S/C29H30FN5O4/c1-38-25-15-22-23(16-26(25)39-2)32-29(33-28(22)31)35-13-12-34(17-24(35)19-4-3-5-21(36)14-19)27(37)11-8-18-6-9-20(30)10-7-18/h3-7,9-10,14-16,24,36H,8,11-13,17H2,1-2H3,(H2,31,32,33). The third-order valence-corrected chi connectivity index (χ3v) is 7.00. The van der Waals surface area contributed by atoms with E-state index < -0.39 is 0 Å². The molecule has 5 rings (SSSR count). The fraction of sp³-hybridized carbons (Fsp3) is 0.276. The molecule has 1 aliphatic heterocycles. The van der Waals surface area contributed by atoms with Crippen LogP contribution in [0.2, 0.25) is 0 Å². The maximum absolute atomic E-state index is 13.2. The molecule has 1 atom stereocenters. The van der Waals surface area contributed by atoms with E-state index >= 15 is 0 Å². The van der Waals surface area contributed by atoms with Crippen molar-refractivity contribution in [2.24, 2.45) is 0 Å². The highest BCUT2D eigenvalue weighted by Crippen LogP contribution is 2.36. The molecule has 10 heteroatoms. The van der Waals surface area contributed by atoms with Crippen molar-refractivity contribution in [2.45, 2.75) is 18.9 Å². The van der Waals surface area contributed by atoms with Crippen molar-refractivity contribution >= 4 is 28.6 Å². The number of hydrogen-bond acceptors (Lipinski definition) is 8. The van der Waals surface area contributed by atoms with Gasteiger partial charge in [-0.2, -0.15) is 4.98 Å². The van der Waals surface area contributed by atoms with Gasteiger partial charge in [0.1, 0.15) is 17.4 Å². The maximum atomic E-state index is 13.2. The van der Waals surface area contributed by atoms with Gasteiger partial charge in [-0.1, -0.05) is 24.3 Å². The molecule has 202 valence electrons. The Morgan fingerprint density at radius 3 is 2.51 bits per heavy atom. The summed E-state index contributed by atoms with van der Waals surface area (Å²) in [5.74, 6) is 1.59. The molecule has 39 heavy (non-hydrogen) atoms. The lowest BCUT2D eigenvalue weighted by Gasteiger charge is -2.42. The number of rotatable bonds is 7. The summed E-state index contributed by atoms with van der Waals surface area (Å²) in [5, 5.41) is 10.8. The molecule has 1 aliphatic rings. The Bertz CT molecular complexity index is 1500. The third-order valence-electron chi connectivity index (χ3n) is 7.00. The van der Waals surface area contributed by atoms with E-state index in [0.717, 1.165) is 11.1 Å². The topological polar surface area (TPSA) is 114 Å². The highest BCUT2D eigenvalue weighted by molar-refractivity contribution is 5.91. The molecule has 4 aromatic rings. The first-order valence-corrected chi connectivity index (χ1v) is 12.6. The van der Waals surface area contributed by atoms with Crippen molar-refractivity contribution < 1.29 is 23.8 Å². The van der Waals surface area contributed by atoms with E-state index in [-0.39, 0.29) is 23.5 Å². The summed E-state index contributed by atoms with van der Waals surface area (Å²) in [4.78, 5) is 26.4. The van der Waals surface area contributed by atoms with Gasteiger partial charge in [-0.25, -0.2) is 9.37 Å². The first-order chi connectivity index (χ1) is 18.9. The SMILES string of the molecule is COc1cc2nc(N3CCN(C(=O)CCc4ccc(F)cc4)CC3c3cccc(O)c3)nc(N)c2cc1OC. The number of aromatic nitrogens is 2. The van der Waals surface area contributed by atoms with E-state index in [0.29, 0.717) is 66.6 Å².